The van der Waals surface area contributed by atoms with Gasteiger partial charge >= 0.3 is 0 Å². The summed E-state index contributed by atoms with van der Waals surface area (Å²) in [5.74, 6) is 0.154. The topological polar surface area (TPSA) is 29.1 Å². The van der Waals surface area contributed by atoms with Gasteiger partial charge in [0.05, 0.1) is 0 Å². The van der Waals surface area contributed by atoms with E-state index in [4.69, 9.17) is 0 Å². The van der Waals surface area contributed by atoms with Crippen molar-refractivity contribution in [3.63, 3.8) is 0 Å². The maximum Gasteiger partial charge on any atom is 0.193 e. The zero-order valence-electron chi connectivity index (χ0n) is 12.0. The summed E-state index contributed by atoms with van der Waals surface area (Å²) in [7, 11) is 0. The van der Waals surface area contributed by atoms with E-state index in [1.54, 1.807) is 0 Å². The van der Waals surface area contributed by atoms with Crippen LogP contribution in [0.25, 0.3) is 0 Å². The number of rotatable bonds is 2. The lowest BCUT2D eigenvalue weighted by Crippen LogP contribution is -2.25. The van der Waals surface area contributed by atoms with Crippen LogP contribution in [0.3, 0.4) is 0 Å². The van der Waals surface area contributed by atoms with E-state index >= 15 is 0 Å². The summed E-state index contributed by atoms with van der Waals surface area (Å²) in [6.45, 7) is 5.88. The molecule has 0 saturated carbocycles. The average Bonchev–Trinajstić information content (AvgIpc) is 2.46. The van der Waals surface area contributed by atoms with Crippen molar-refractivity contribution in [1.82, 2.24) is 5.32 Å². The van der Waals surface area contributed by atoms with E-state index in [2.05, 4.69) is 24.4 Å². The molecular formula is C18H19NO. The number of benzene rings is 2. The molecule has 0 amide bonds. The molecule has 1 aliphatic heterocycles. The van der Waals surface area contributed by atoms with Crippen LogP contribution in [0.1, 0.15) is 38.2 Å². The summed E-state index contributed by atoms with van der Waals surface area (Å²) < 4.78 is 0. The Balaban J connectivity index is 2.07. The van der Waals surface area contributed by atoms with E-state index in [-0.39, 0.29) is 5.78 Å². The minimum Gasteiger partial charge on any atom is -0.312 e. The quantitative estimate of drug-likeness (QED) is 0.845. The Morgan fingerprint density at radius 2 is 1.95 bits per heavy atom. The van der Waals surface area contributed by atoms with Gasteiger partial charge in [0.2, 0.25) is 0 Å². The fourth-order valence-electron chi connectivity index (χ4n) is 2.96. The SMILES string of the molecule is Cc1ccc(C(=O)c2cccc3c2CCNC3)c(C)c1. The summed E-state index contributed by atoms with van der Waals surface area (Å²) in [4.78, 5) is 12.8. The van der Waals surface area contributed by atoms with Crippen LogP contribution in [0, 0.1) is 13.8 Å². The van der Waals surface area contributed by atoms with Crippen molar-refractivity contribution in [2.45, 2.75) is 26.8 Å². The molecule has 0 aliphatic carbocycles. The second-order valence-corrected chi connectivity index (χ2v) is 5.52. The molecule has 0 aromatic heterocycles. The fourth-order valence-corrected chi connectivity index (χ4v) is 2.96. The Morgan fingerprint density at radius 3 is 2.75 bits per heavy atom. The molecule has 2 nitrogen and oxygen atoms in total. The monoisotopic (exact) mass is 265 g/mol. The standard InChI is InChI=1S/C18H19NO/c1-12-6-7-15(13(2)10-12)18(20)17-5-3-4-14-11-19-9-8-16(14)17/h3-7,10,19H,8-9,11H2,1-2H3. The van der Waals surface area contributed by atoms with Gasteiger partial charge < -0.3 is 5.32 Å². The highest BCUT2D eigenvalue weighted by atomic mass is 16.1. The van der Waals surface area contributed by atoms with E-state index in [1.807, 2.05) is 31.2 Å². The maximum absolute atomic E-state index is 12.8. The van der Waals surface area contributed by atoms with Gasteiger partial charge in [-0.2, -0.15) is 0 Å². The van der Waals surface area contributed by atoms with Gasteiger partial charge in [-0.3, -0.25) is 4.79 Å². The second kappa shape index (κ2) is 5.22. The van der Waals surface area contributed by atoms with Crippen LogP contribution < -0.4 is 5.32 Å². The molecule has 2 heteroatoms. The first kappa shape index (κ1) is 13.1. The molecule has 20 heavy (non-hydrogen) atoms. The molecule has 0 saturated heterocycles. The molecular weight excluding hydrogens is 246 g/mol. The van der Waals surface area contributed by atoms with Crippen molar-refractivity contribution in [2.75, 3.05) is 6.54 Å². The fraction of sp³-hybridized carbons (Fsp3) is 0.278. The number of aryl methyl sites for hydroxylation is 2. The zero-order valence-corrected chi connectivity index (χ0v) is 12.0. The van der Waals surface area contributed by atoms with Crippen molar-refractivity contribution < 1.29 is 4.79 Å². The molecule has 0 spiro atoms. The largest absolute Gasteiger partial charge is 0.312 e. The van der Waals surface area contributed by atoms with Crippen molar-refractivity contribution in [2.24, 2.45) is 0 Å². The molecule has 0 fully saturated rings. The summed E-state index contributed by atoms with van der Waals surface area (Å²) in [6, 6.07) is 12.1. The van der Waals surface area contributed by atoms with Gasteiger partial charge in [-0.05, 0) is 43.5 Å². The van der Waals surface area contributed by atoms with Crippen molar-refractivity contribution in [1.29, 1.82) is 0 Å². The Morgan fingerprint density at radius 1 is 1.10 bits per heavy atom. The van der Waals surface area contributed by atoms with Crippen molar-refractivity contribution in [3.05, 3.63) is 69.8 Å². The van der Waals surface area contributed by atoms with Gasteiger partial charge in [0.25, 0.3) is 0 Å². The van der Waals surface area contributed by atoms with Gasteiger partial charge in [0, 0.05) is 17.7 Å². The van der Waals surface area contributed by atoms with Crippen LogP contribution in [0.15, 0.2) is 36.4 Å². The van der Waals surface area contributed by atoms with E-state index in [9.17, 15) is 4.79 Å². The van der Waals surface area contributed by atoms with Gasteiger partial charge in [0.15, 0.2) is 5.78 Å². The van der Waals surface area contributed by atoms with E-state index in [0.717, 1.165) is 36.2 Å². The Labute approximate surface area is 119 Å². The normalized spacial score (nSPS) is 13.9. The van der Waals surface area contributed by atoms with Gasteiger partial charge in [-0.15, -0.1) is 0 Å². The predicted molar refractivity (Wildman–Crippen MR) is 81.2 cm³/mol. The van der Waals surface area contributed by atoms with Crippen LogP contribution >= 0.6 is 0 Å². The minimum atomic E-state index is 0.154. The third kappa shape index (κ3) is 2.27. The minimum absolute atomic E-state index is 0.154. The molecule has 2 aromatic carbocycles. The second-order valence-electron chi connectivity index (χ2n) is 5.52. The maximum atomic E-state index is 12.8. The van der Waals surface area contributed by atoms with Crippen molar-refractivity contribution >= 4 is 5.78 Å². The lowest BCUT2D eigenvalue weighted by molar-refractivity contribution is 0.103. The Bertz CT molecular complexity index is 673. The van der Waals surface area contributed by atoms with Crippen LogP contribution in [0.4, 0.5) is 0 Å². The molecule has 0 bridgehead atoms. The zero-order chi connectivity index (χ0) is 14.1. The van der Waals surface area contributed by atoms with Gasteiger partial charge in [0.1, 0.15) is 0 Å². The van der Waals surface area contributed by atoms with E-state index < -0.39 is 0 Å². The molecule has 102 valence electrons. The smallest absolute Gasteiger partial charge is 0.193 e. The number of carbonyl (C=O) groups excluding carboxylic acids is 1. The molecule has 0 unspecified atom stereocenters. The first-order chi connectivity index (χ1) is 9.66. The van der Waals surface area contributed by atoms with E-state index in [1.165, 1.54) is 16.7 Å². The van der Waals surface area contributed by atoms with E-state index in [0.29, 0.717) is 0 Å². The Kier molecular flexibility index (Phi) is 3.41. The third-order valence-corrected chi connectivity index (χ3v) is 4.01. The average molecular weight is 265 g/mol. The molecule has 2 aromatic rings. The van der Waals surface area contributed by atoms with Crippen molar-refractivity contribution in [3.8, 4) is 0 Å². The number of ketones is 1. The molecule has 0 radical (unpaired) electrons. The summed E-state index contributed by atoms with van der Waals surface area (Å²) in [6.07, 6.45) is 0.933. The molecule has 3 rings (SSSR count). The summed E-state index contributed by atoms with van der Waals surface area (Å²) in [5.41, 5.74) is 6.42. The summed E-state index contributed by atoms with van der Waals surface area (Å²) >= 11 is 0. The first-order valence-electron chi connectivity index (χ1n) is 7.10. The molecule has 0 atom stereocenters. The predicted octanol–water partition coefficient (Wildman–Crippen LogP) is 3.18. The van der Waals surface area contributed by atoms with Gasteiger partial charge in [-0.1, -0.05) is 42.0 Å². The van der Waals surface area contributed by atoms with Crippen LogP contribution in [0.2, 0.25) is 0 Å². The van der Waals surface area contributed by atoms with Gasteiger partial charge in [-0.25, -0.2) is 0 Å². The molecule has 1 heterocycles. The Hall–Kier alpha value is -1.93. The highest BCUT2D eigenvalue weighted by Crippen LogP contribution is 2.23. The highest BCUT2D eigenvalue weighted by Gasteiger charge is 2.19. The molecule has 1 aliphatic rings. The third-order valence-electron chi connectivity index (χ3n) is 4.01. The number of hydrogen-bond donors (Lipinski definition) is 1. The number of carbonyl (C=O) groups is 1. The highest BCUT2D eigenvalue weighted by molar-refractivity contribution is 6.11. The van der Waals surface area contributed by atoms with Crippen LogP contribution in [-0.4, -0.2) is 12.3 Å². The number of fused-ring (bicyclic) bond motifs is 1. The lowest BCUT2D eigenvalue weighted by Gasteiger charge is -2.20. The molecule has 1 N–H and O–H groups in total. The number of nitrogens with one attached hydrogen (secondary N) is 1. The van der Waals surface area contributed by atoms with Crippen LogP contribution in [-0.2, 0) is 13.0 Å². The first-order valence-corrected chi connectivity index (χ1v) is 7.10. The summed E-state index contributed by atoms with van der Waals surface area (Å²) in [5, 5.41) is 3.35. The number of hydrogen-bond acceptors (Lipinski definition) is 2. The van der Waals surface area contributed by atoms with Crippen LogP contribution in [0.5, 0.6) is 0 Å². The lowest BCUT2D eigenvalue weighted by atomic mass is 9.89.